The molecule has 4 heteroatoms. The molecule has 2 aliphatic rings. The number of carbonyl (C=O) groups is 1. The van der Waals surface area contributed by atoms with E-state index in [1.807, 2.05) is 6.07 Å². The van der Waals surface area contributed by atoms with E-state index in [9.17, 15) is 9.18 Å². The van der Waals surface area contributed by atoms with Crippen LogP contribution in [0, 0.1) is 17.7 Å². The van der Waals surface area contributed by atoms with Crippen LogP contribution in [0.4, 0.5) is 10.1 Å². The average molecular weight is 248 g/mol. The molecule has 0 aromatic heterocycles. The van der Waals surface area contributed by atoms with Crippen LogP contribution in [0.2, 0.25) is 0 Å². The summed E-state index contributed by atoms with van der Waals surface area (Å²) in [6, 6.07) is 3.02. The molecule has 1 aliphatic carbocycles. The highest BCUT2D eigenvalue weighted by atomic mass is 19.1. The topological polar surface area (TPSA) is 55.1 Å². The van der Waals surface area contributed by atoms with Gasteiger partial charge in [0.15, 0.2) is 0 Å². The second kappa shape index (κ2) is 4.05. The quantitative estimate of drug-likeness (QED) is 0.844. The Hall–Kier alpha value is -1.42. The number of hydrogen-bond donors (Lipinski definition) is 2. The van der Waals surface area contributed by atoms with Crippen LogP contribution in [-0.2, 0) is 11.2 Å². The number of nitrogens with two attached hydrogens (primary N) is 1. The molecule has 1 aromatic carbocycles. The lowest BCUT2D eigenvalue weighted by Gasteiger charge is -2.20. The van der Waals surface area contributed by atoms with E-state index in [0.29, 0.717) is 35.9 Å². The van der Waals surface area contributed by atoms with Crippen molar-refractivity contribution in [3.63, 3.8) is 0 Å². The average Bonchev–Trinajstić information content (AvgIpc) is 3.04. The van der Waals surface area contributed by atoms with Crippen molar-refractivity contribution in [1.29, 1.82) is 0 Å². The molecule has 96 valence electrons. The van der Waals surface area contributed by atoms with Crippen LogP contribution in [0.5, 0.6) is 0 Å². The molecule has 3 nitrogen and oxygen atoms in total. The van der Waals surface area contributed by atoms with E-state index >= 15 is 0 Å². The number of halogens is 1. The van der Waals surface area contributed by atoms with Crippen molar-refractivity contribution >= 4 is 11.6 Å². The van der Waals surface area contributed by atoms with Crippen LogP contribution < -0.4 is 11.1 Å². The number of aryl methyl sites for hydroxylation is 1. The Bertz CT molecular complexity index is 515. The summed E-state index contributed by atoms with van der Waals surface area (Å²) >= 11 is 0. The predicted octanol–water partition coefficient (Wildman–Crippen LogP) is 2.37. The molecule has 1 saturated carbocycles. The molecule has 0 radical (unpaired) electrons. The van der Waals surface area contributed by atoms with Crippen LogP contribution >= 0.6 is 0 Å². The van der Waals surface area contributed by atoms with Gasteiger partial charge in [-0.05, 0) is 42.4 Å². The van der Waals surface area contributed by atoms with Crippen molar-refractivity contribution < 1.29 is 9.18 Å². The largest absolute Gasteiger partial charge is 0.326 e. The lowest BCUT2D eigenvalue weighted by molar-refractivity contribution is -0.116. The maximum Gasteiger partial charge on any atom is 0.224 e. The van der Waals surface area contributed by atoms with Crippen LogP contribution in [0.1, 0.15) is 36.9 Å². The number of amides is 1. The van der Waals surface area contributed by atoms with Gasteiger partial charge in [-0.1, -0.05) is 6.92 Å². The molecule has 0 saturated heterocycles. The minimum atomic E-state index is -0.303. The lowest BCUT2D eigenvalue weighted by atomic mass is 9.94. The van der Waals surface area contributed by atoms with E-state index < -0.39 is 0 Å². The summed E-state index contributed by atoms with van der Waals surface area (Å²) in [5.74, 6) is 0.642. The van der Waals surface area contributed by atoms with Crippen LogP contribution in [0.15, 0.2) is 12.1 Å². The standard InChI is InChI=1S/C14H17FN2O/c1-7-4-9(7)14(16)10-5-8-2-3-13(18)17-12(8)6-11(10)15/h5-7,9,14H,2-4,16H2,1H3,(H,17,18). The summed E-state index contributed by atoms with van der Waals surface area (Å²) in [5.41, 5.74) is 8.32. The van der Waals surface area contributed by atoms with Crippen LogP contribution in [0.3, 0.4) is 0 Å². The van der Waals surface area contributed by atoms with Crippen LogP contribution in [0.25, 0.3) is 0 Å². The SMILES string of the molecule is CC1CC1C(N)c1cc2c(cc1F)NC(=O)CC2. The lowest BCUT2D eigenvalue weighted by Crippen LogP contribution is -2.21. The number of hydrogen-bond acceptors (Lipinski definition) is 2. The van der Waals surface area contributed by atoms with E-state index in [0.717, 1.165) is 12.0 Å². The zero-order chi connectivity index (χ0) is 12.9. The highest BCUT2D eigenvalue weighted by molar-refractivity contribution is 5.93. The molecule has 3 atom stereocenters. The first-order valence-corrected chi connectivity index (χ1v) is 6.44. The third-order valence-electron chi connectivity index (χ3n) is 4.11. The molecule has 3 N–H and O–H groups in total. The fraction of sp³-hybridized carbons (Fsp3) is 0.500. The van der Waals surface area contributed by atoms with Gasteiger partial charge < -0.3 is 11.1 Å². The number of anilines is 1. The van der Waals surface area contributed by atoms with Crippen molar-refractivity contribution in [2.45, 2.75) is 32.2 Å². The van der Waals surface area contributed by atoms with Crippen molar-refractivity contribution in [2.24, 2.45) is 17.6 Å². The number of fused-ring (bicyclic) bond motifs is 1. The summed E-state index contributed by atoms with van der Waals surface area (Å²) in [6.07, 6.45) is 2.21. The first kappa shape index (κ1) is 11.7. The predicted molar refractivity (Wildman–Crippen MR) is 67.6 cm³/mol. The van der Waals surface area contributed by atoms with E-state index in [2.05, 4.69) is 12.2 Å². The maximum absolute atomic E-state index is 14.0. The molecule has 3 rings (SSSR count). The molecule has 1 aromatic rings. The minimum absolute atomic E-state index is 0.0465. The zero-order valence-corrected chi connectivity index (χ0v) is 10.4. The van der Waals surface area contributed by atoms with Gasteiger partial charge in [-0.3, -0.25) is 4.79 Å². The van der Waals surface area contributed by atoms with E-state index in [1.165, 1.54) is 6.07 Å². The van der Waals surface area contributed by atoms with E-state index in [1.54, 1.807) is 0 Å². The molecule has 3 unspecified atom stereocenters. The Labute approximate surface area is 106 Å². The van der Waals surface area contributed by atoms with Crippen molar-refractivity contribution in [3.8, 4) is 0 Å². The van der Waals surface area contributed by atoms with E-state index in [4.69, 9.17) is 5.73 Å². The van der Waals surface area contributed by atoms with Gasteiger partial charge in [0, 0.05) is 23.7 Å². The van der Waals surface area contributed by atoms with E-state index in [-0.39, 0.29) is 17.8 Å². The Balaban J connectivity index is 1.94. The normalized spacial score (nSPS) is 27.4. The zero-order valence-electron chi connectivity index (χ0n) is 10.4. The van der Waals surface area contributed by atoms with Gasteiger partial charge >= 0.3 is 0 Å². The number of benzene rings is 1. The van der Waals surface area contributed by atoms with Gasteiger partial charge in [0.1, 0.15) is 5.82 Å². The maximum atomic E-state index is 14.0. The summed E-state index contributed by atoms with van der Waals surface area (Å²) in [7, 11) is 0. The summed E-state index contributed by atoms with van der Waals surface area (Å²) in [5, 5.41) is 2.70. The monoisotopic (exact) mass is 248 g/mol. The Morgan fingerprint density at radius 1 is 1.44 bits per heavy atom. The third-order valence-corrected chi connectivity index (χ3v) is 4.11. The molecular formula is C14H17FN2O. The summed E-state index contributed by atoms with van der Waals surface area (Å²) in [4.78, 5) is 11.3. The minimum Gasteiger partial charge on any atom is -0.326 e. The van der Waals surface area contributed by atoms with Crippen molar-refractivity contribution in [1.82, 2.24) is 0 Å². The van der Waals surface area contributed by atoms with Gasteiger partial charge in [-0.2, -0.15) is 0 Å². The van der Waals surface area contributed by atoms with Gasteiger partial charge in [0.05, 0.1) is 0 Å². The fourth-order valence-corrected chi connectivity index (χ4v) is 2.76. The number of carbonyl (C=O) groups excluding carboxylic acids is 1. The molecule has 18 heavy (non-hydrogen) atoms. The van der Waals surface area contributed by atoms with Gasteiger partial charge in [0.2, 0.25) is 5.91 Å². The van der Waals surface area contributed by atoms with Gasteiger partial charge in [0.25, 0.3) is 0 Å². The highest BCUT2D eigenvalue weighted by Gasteiger charge is 2.39. The van der Waals surface area contributed by atoms with Crippen LogP contribution in [-0.4, -0.2) is 5.91 Å². The Morgan fingerprint density at radius 2 is 2.17 bits per heavy atom. The van der Waals surface area contributed by atoms with Gasteiger partial charge in [-0.25, -0.2) is 4.39 Å². The molecule has 1 amide bonds. The fourth-order valence-electron chi connectivity index (χ4n) is 2.76. The Kier molecular flexibility index (Phi) is 2.63. The van der Waals surface area contributed by atoms with Crippen molar-refractivity contribution in [3.05, 3.63) is 29.1 Å². The first-order valence-electron chi connectivity index (χ1n) is 6.44. The molecule has 1 aliphatic heterocycles. The summed E-state index contributed by atoms with van der Waals surface area (Å²) < 4.78 is 14.0. The number of nitrogens with one attached hydrogen (secondary N) is 1. The smallest absolute Gasteiger partial charge is 0.224 e. The molecule has 1 heterocycles. The highest BCUT2D eigenvalue weighted by Crippen LogP contribution is 2.46. The molecule has 0 spiro atoms. The molecule has 0 bridgehead atoms. The second-order valence-electron chi connectivity index (χ2n) is 5.48. The Morgan fingerprint density at radius 3 is 2.83 bits per heavy atom. The summed E-state index contributed by atoms with van der Waals surface area (Å²) in [6.45, 7) is 2.14. The van der Waals surface area contributed by atoms with Gasteiger partial charge in [-0.15, -0.1) is 0 Å². The van der Waals surface area contributed by atoms with Crippen molar-refractivity contribution in [2.75, 3.05) is 5.32 Å². The first-order chi connectivity index (χ1) is 8.56. The second-order valence-corrected chi connectivity index (χ2v) is 5.48. The third kappa shape index (κ3) is 1.90. The molecular weight excluding hydrogens is 231 g/mol. The number of rotatable bonds is 2. The molecule has 1 fully saturated rings.